The molecular weight excluding hydrogens is 726 g/mol. The van der Waals surface area contributed by atoms with E-state index in [-0.39, 0.29) is 0 Å². The highest BCUT2D eigenvalue weighted by Crippen LogP contribution is 2.48. The molecule has 0 unspecified atom stereocenters. The summed E-state index contributed by atoms with van der Waals surface area (Å²) >= 11 is 0. The van der Waals surface area contributed by atoms with Crippen molar-refractivity contribution in [2.75, 3.05) is 25.5 Å². The van der Waals surface area contributed by atoms with E-state index >= 15 is 0 Å². The lowest BCUT2D eigenvalue weighted by Gasteiger charge is -2.22. The van der Waals surface area contributed by atoms with Gasteiger partial charge < -0.3 is 18.6 Å². The van der Waals surface area contributed by atoms with E-state index in [4.69, 9.17) is 9.47 Å². The maximum absolute atomic E-state index is 14.7. The molecule has 8 rings (SSSR count). The van der Waals surface area contributed by atoms with Crippen molar-refractivity contribution in [1.82, 2.24) is 0 Å². The highest BCUT2D eigenvalue weighted by molar-refractivity contribution is 7.79. The van der Waals surface area contributed by atoms with Crippen LogP contribution in [-0.2, 0) is 9.13 Å². The Morgan fingerprint density at radius 3 is 0.982 bits per heavy atom. The van der Waals surface area contributed by atoms with Gasteiger partial charge in [-0.3, -0.25) is 0 Å². The monoisotopic (exact) mass is 770 g/mol. The Hall–Kier alpha value is -5.66. The molecule has 0 N–H and O–H groups in total. The molecule has 56 heavy (non-hydrogen) atoms. The lowest BCUT2D eigenvalue weighted by molar-refractivity contribution is 0.315. The first kappa shape index (κ1) is 37.3. The van der Waals surface area contributed by atoms with E-state index in [1.54, 1.807) is 0 Å². The molecule has 0 spiro atoms. The van der Waals surface area contributed by atoms with Crippen LogP contribution in [-0.4, -0.2) is 25.5 Å². The molecule has 0 aromatic heterocycles. The van der Waals surface area contributed by atoms with Crippen molar-refractivity contribution in [3.05, 3.63) is 194 Å². The van der Waals surface area contributed by atoms with E-state index in [1.165, 1.54) is 0 Å². The van der Waals surface area contributed by atoms with E-state index in [9.17, 15) is 9.13 Å². The first-order valence-electron chi connectivity index (χ1n) is 19.2. The molecule has 0 aliphatic rings. The molecular formula is C50H44O4P2. The van der Waals surface area contributed by atoms with E-state index in [0.717, 1.165) is 65.4 Å². The van der Waals surface area contributed by atoms with Gasteiger partial charge in [0.05, 0.1) is 13.2 Å². The molecule has 0 fully saturated rings. The predicted octanol–water partition coefficient (Wildman–Crippen LogP) is 11.2. The van der Waals surface area contributed by atoms with Gasteiger partial charge in [0.25, 0.3) is 0 Å². The smallest absolute Gasteiger partial charge is 0.143 e. The van der Waals surface area contributed by atoms with Crippen LogP contribution in [0.4, 0.5) is 0 Å². The topological polar surface area (TPSA) is 52.6 Å². The number of rotatable bonds is 15. The van der Waals surface area contributed by atoms with Gasteiger partial charge in [0.1, 0.15) is 25.8 Å². The zero-order chi connectivity index (χ0) is 38.2. The Bertz CT molecular complexity index is 2370. The normalized spacial score (nSPS) is 11.8. The van der Waals surface area contributed by atoms with Gasteiger partial charge in [-0.2, -0.15) is 0 Å². The average molecular weight is 771 g/mol. The van der Waals surface area contributed by atoms with Gasteiger partial charge >= 0.3 is 0 Å². The van der Waals surface area contributed by atoms with Crippen LogP contribution >= 0.6 is 14.3 Å². The average Bonchev–Trinajstić information content (AvgIpc) is 3.27. The minimum absolute atomic E-state index is 0.393. The van der Waals surface area contributed by atoms with E-state index in [1.807, 2.05) is 133 Å². The minimum Gasteiger partial charge on any atom is -0.493 e. The Kier molecular flexibility index (Phi) is 11.3. The van der Waals surface area contributed by atoms with Crippen LogP contribution in [0.5, 0.6) is 11.5 Å². The Morgan fingerprint density at radius 1 is 0.339 bits per heavy atom. The third kappa shape index (κ3) is 7.74. The quantitative estimate of drug-likeness (QED) is 0.0769. The van der Waals surface area contributed by atoms with Crippen LogP contribution in [0.25, 0.3) is 32.7 Å². The highest BCUT2D eigenvalue weighted by atomic mass is 31.2. The van der Waals surface area contributed by atoms with Crippen molar-refractivity contribution >= 4 is 57.0 Å². The lowest BCUT2D eigenvalue weighted by atomic mass is 9.92. The van der Waals surface area contributed by atoms with Crippen molar-refractivity contribution in [3.63, 3.8) is 0 Å². The molecule has 6 heteroatoms. The number of ether oxygens (including phenoxy) is 2. The maximum Gasteiger partial charge on any atom is 0.143 e. The highest BCUT2D eigenvalue weighted by Gasteiger charge is 2.28. The molecule has 0 bridgehead atoms. The summed E-state index contributed by atoms with van der Waals surface area (Å²) in [5.41, 5.74) is 1.92. The summed E-state index contributed by atoms with van der Waals surface area (Å²) in [5.74, 6) is 1.49. The standard InChI is InChI=1S/C50H44O4P2/c51-55(41-21-5-1-6-22-41,42-23-7-2-8-24-42)37-17-35-53-47-33-31-39-19-13-15-29-45(39)49(47)50-46-30-16-14-20-40(46)32-34-48(50)54-36-18-38-56(52,43-25-9-3-10-26-43)44-27-11-4-12-28-44/h1-16,19-34H,17-18,35-38H2. The first-order chi connectivity index (χ1) is 27.5. The molecule has 4 nitrogen and oxygen atoms in total. The van der Waals surface area contributed by atoms with Gasteiger partial charge in [-0.15, -0.1) is 0 Å². The number of fused-ring (bicyclic) bond motifs is 2. The second kappa shape index (κ2) is 17.0. The Balaban J connectivity index is 1.10. The summed E-state index contributed by atoms with van der Waals surface area (Å²) in [6, 6.07) is 64.3. The van der Waals surface area contributed by atoms with Gasteiger partial charge in [-0.1, -0.05) is 182 Å². The molecule has 0 saturated heterocycles. The SMILES string of the molecule is O=P(CCCOc1ccc2ccccc2c1-c1c(OCCCP(=O)(c2ccccc2)c2ccccc2)ccc2ccccc12)(c1ccccc1)c1ccccc1. The summed E-state index contributed by atoms with van der Waals surface area (Å²) < 4.78 is 42.9. The van der Waals surface area contributed by atoms with Crippen molar-refractivity contribution in [2.45, 2.75) is 12.8 Å². The zero-order valence-electron chi connectivity index (χ0n) is 31.2. The van der Waals surface area contributed by atoms with Gasteiger partial charge in [0, 0.05) is 44.7 Å². The molecule has 0 heterocycles. The largest absolute Gasteiger partial charge is 0.493 e. The molecule has 0 aliphatic carbocycles. The summed E-state index contributed by atoms with van der Waals surface area (Å²) in [7, 11) is -5.76. The Labute approximate surface area is 329 Å². The van der Waals surface area contributed by atoms with Gasteiger partial charge in [-0.05, 0) is 46.5 Å². The second-order valence-corrected chi connectivity index (χ2v) is 19.9. The molecule has 8 aromatic carbocycles. The van der Waals surface area contributed by atoms with E-state index < -0.39 is 14.3 Å². The van der Waals surface area contributed by atoms with E-state index in [2.05, 4.69) is 60.7 Å². The summed E-state index contributed by atoms with van der Waals surface area (Å²) in [5, 5.41) is 7.75. The van der Waals surface area contributed by atoms with Gasteiger partial charge in [-0.25, -0.2) is 0 Å². The van der Waals surface area contributed by atoms with E-state index in [0.29, 0.717) is 38.4 Å². The molecule has 0 radical (unpaired) electrons. The summed E-state index contributed by atoms with van der Waals surface area (Å²) in [4.78, 5) is 0. The van der Waals surface area contributed by atoms with Crippen LogP contribution < -0.4 is 30.7 Å². The third-order valence-corrected chi connectivity index (χ3v) is 16.9. The van der Waals surface area contributed by atoms with Crippen molar-refractivity contribution in [2.24, 2.45) is 0 Å². The molecule has 0 atom stereocenters. The van der Waals surface area contributed by atoms with Crippen LogP contribution in [0, 0.1) is 0 Å². The maximum atomic E-state index is 14.7. The fraction of sp³-hybridized carbons (Fsp3) is 0.120. The fourth-order valence-electron chi connectivity index (χ4n) is 7.69. The molecule has 0 amide bonds. The van der Waals surface area contributed by atoms with Crippen molar-refractivity contribution in [1.29, 1.82) is 0 Å². The number of hydrogen-bond donors (Lipinski definition) is 0. The predicted molar refractivity (Wildman–Crippen MR) is 236 cm³/mol. The van der Waals surface area contributed by atoms with Crippen molar-refractivity contribution < 1.29 is 18.6 Å². The molecule has 0 saturated carbocycles. The minimum atomic E-state index is -2.88. The lowest BCUT2D eigenvalue weighted by Crippen LogP contribution is -2.19. The van der Waals surface area contributed by atoms with Crippen LogP contribution in [0.1, 0.15) is 12.8 Å². The van der Waals surface area contributed by atoms with Crippen molar-refractivity contribution in [3.8, 4) is 22.6 Å². The Morgan fingerprint density at radius 2 is 0.643 bits per heavy atom. The number of hydrogen-bond acceptors (Lipinski definition) is 4. The zero-order valence-corrected chi connectivity index (χ0v) is 33.0. The summed E-state index contributed by atoms with van der Waals surface area (Å²) in [6.07, 6.45) is 2.19. The molecule has 278 valence electrons. The van der Waals surface area contributed by atoms with Crippen LogP contribution in [0.2, 0.25) is 0 Å². The molecule has 8 aromatic rings. The number of benzene rings is 8. The second-order valence-electron chi connectivity index (χ2n) is 14.0. The summed E-state index contributed by atoms with van der Waals surface area (Å²) in [6.45, 7) is 0.786. The fourth-order valence-corrected chi connectivity index (χ4v) is 13.1. The van der Waals surface area contributed by atoms with Crippen LogP contribution in [0.3, 0.4) is 0 Å². The van der Waals surface area contributed by atoms with Gasteiger partial charge in [0.15, 0.2) is 0 Å². The first-order valence-corrected chi connectivity index (χ1v) is 23.0. The molecule has 0 aliphatic heterocycles. The third-order valence-electron chi connectivity index (χ3n) is 10.5. The van der Waals surface area contributed by atoms with Crippen LogP contribution in [0.15, 0.2) is 194 Å². The van der Waals surface area contributed by atoms with Gasteiger partial charge in [0.2, 0.25) is 0 Å².